The zero-order valence-corrected chi connectivity index (χ0v) is 12.7. The number of carbonyl (C=O) groups is 2. The molecule has 0 aliphatic carbocycles. The highest BCUT2D eigenvalue weighted by atomic mass is 16.1. The Labute approximate surface area is 134 Å². The van der Waals surface area contributed by atoms with Gasteiger partial charge in [-0.3, -0.25) is 9.59 Å². The molecule has 1 aromatic carbocycles. The van der Waals surface area contributed by atoms with E-state index in [0.29, 0.717) is 24.3 Å². The van der Waals surface area contributed by atoms with Gasteiger partial charge in [-0.25, -0.2) is 4.98 Å². The first-order valence-corrected chi connectivity index (χ1v) is 7.53. The van der Waals surface area contributed by atoms with Crippen LogP contribution in [0.15, 0.2) is 48.7 Å². The number of carbonyl (C=O) groups excluding carboxylic acids is 2. The van der Waals surface area contributed by atoms with Crippen LogP contribution in [0.2, 0.25) is 0 Å². The summed E-state index contributed by atoms with van der Waals surface area (Å²) >= 11 is 0. The minimum Gasteiger partial charge on any atom is -0.353 e. The van der Waals surface area contributed by atoms with Crippen LogP contribution in [0.25, 0.3) is 0 Å². The normalized spacial score (nSPS) is 14.4. The fourth-order valence-electron chi connectivity index (χ4n) is 2.50. The molecule has 0 unspecified atom stereocenters. The highest BCUT2D eigenvalue weighted by molar-refractivity contribution is 6.04. The number of pyridine rings is 1. The molecule has 2 amide bonds. The number of hydrogen-bond acceptors (Lipinski definition) is 4. The SMILES string of the molecule is O=CN1CCN(c2ccc(NC(=O)c3ccccc3)cn2)CC1. The van der Waals surface area contributed by atoms with E-state index < -0.39 is 0 Å². The Morgan fingerprint density at radius 3 is 2.39 bits per heavy atom. The van der Waals surface area contributed by atoms with Crippen LogP contribution in [-0.2, 0) is 4.79 Å². The zero-order chi connectivity index (χ0) is 16.1. The van der Waals surface area contributed by atoms with Crippen LogP contribution in [-0.4, -0.2) is 48.4 Å². The fourth-order valence-corrected chi connectivity index (χ4v) is 2.50. The van der Waals surface area contributed by atoms with Crippen molar-refractivity contribution in [2.45, 2.75) is 0 Å². The summed E-state index contributed by atoms with van der Waals surface area (Å²) in [6.45, 7) is 2.94. The molecule has 3 rings (SSSR count). The smallest absolute Gasteiger partial charge is 0.255 e. The number of piperazine rings is 1. The number of nitrogens with one attached hydrogen (secondary N) is 1. The van der Waals surface area contributed by atoms with Crippen LogP contribution in [0.3, 0.4) is 0 Å². The van der Waals surface area contributed by atoms with Crippen molar-refractivity contribution in [2.24, 2.45) is 0 Å². The third-order valence-corrected chi connectivity index (χ3v) is 3.83. The lowest BCUT2D eigenvalue weighted by Gasteiger charge is -2.33. The molecule has 1 saturated heterocycles. The van der Waals surface area contributed by atoms with Gasteiger partial charge in [-0.05, 0) is 24.3 Å². The fraction of sp³-hybridized carbons (Fsp3) is 0.235. The van der Waals surface area contributed by atoms with Gasteiger partial charge in [0.1, 0.15) is 5.82 Å². The Bertz CT molecular complexity index is 665. The van der Waals surface area contributed by atoms with Crippen LogP contribution >= 0.6 is 0 Å². The number of amides is 2. The summed E-state index contributed by atoms with van der Waals surface area (Å²) in [5.74, 6) is 0.702. The lowest BCUT2D eigenvalue weighted by atomic mass is 10.2. The van der Waals surface area contributed by atoms with Gasteiger partial charge in [-0.1, -0.05) is 18.2 Å². The lowest BCUT2D eigenvalue weighted by molar-refractivity contribution is -0.118. The van der Waals surface area contributed by atoms with Crippen molar-refractivity contribution in [3.63, 3.8) is 0 Å². The van der Waals surface area contributed by atoms with Crippen LogP contribution < -0.4 is 10.2 Å². The van der Waals surface area contributed by atoms with E-state index in [1.807, 2.05) is 30.3 Å². The summed E-state index contributed by atoms with van der Waals surface area (Å²) in [7, 11) is 0. The van der Waals surface area contributed by atoms with Gasteiger partial charge in [0, 0.05) is 31.7 Å². The quantitative estimate of drug-likeness (QED) is 0.871. The average Bonchev–Trinajstić information content (AvgIpc) is 2.63. The van der Waals surface area contributed by atoms with E-state index in [1.165, 1.54) is 0 Å². The average molecular weight is 310 g/mol. The number of benzene rings is 1. The Morgan fingerprint density at radius 2 is 1.78 bits per heavy atom. The van der Waals surface area contributed by atoms with E-state index in [1.54, 1.807) is 23.2 Å². The summed E-state index contributed by atoms with van der Waals surface area (Å²) in [6.07, 6.45) is 2.54. The third kappa shape index (κ3) is 3.66. The minimum absolute atomic E-state index is 0.153. The first-order chi connectivity index (χ1) is 11.3. The van der Waals surface area contributed by atoms with Crippen molar-refractivity contribution >= 4 is 23.8 Å². The molecular formula is C17H18N4O2. The predicted octanol–water partition coefficient (Wildman–Crippen LogP) is 1.61. The maximum atomic E-state index is 12.1. The predicted molar refractivity (Wildman–Crippen MR) is 88.5 cm³/mol. The van der Waals surface area contributed by atoms with Gasteiger partial charge < -0.3 is 15.1 Å². The Kier molecular flexibility index (Phi) is 4.52. The highest BCUT2D eigenvalue weighted by Gasteiger charge is 2.16. The Balaban J connectivity index is 1.61. The van der Waals surface area contributed by atoms with Crippen LogP contribution in [0.1, 0.15) is 10.4 Å². The molecule has 1 aromatic heterocycles. The third-order valence-electron chi connectivity index (χ3n) is 3.83. The Morgan fingerprint density at radius 1 is 1.04 bits per heavy atom. The molecule has 23 heavy (non-hydrogen) atoms. The van der Waals surface area contributed by atoms with Crippen LogP contribution in [0, 0.1) is 0 Å². The van der Waals surface area contributed by atoms with E-state index >= 15 is 0 Å². The first kappa shape index (κ1) is 15.0. The van der Waals surface area contributed by atoms with E-state index in [4.69, 9.17) is 0 Å². The summed E-state index contributed by atoms with van der Waals surface area (Å²) in [5.41, 5.74) is 1.27. The van der Waals surface area contributed by atoms with Gasteiger partial charge in [0.15, 0.2) is 0 Å². The second-order valence-corrected chi connectivity index (χ2v) is 5.35. The summed E-state index contributed by atoms with van der Waals surface area (Å²) < 4.78 is 0. The van der Waals surface area contributed by atoms with Crippen molar-refractivity contribution in [3.05, 3.63) is 54.2 Å². The van der Waals surface area contributed by atoms with Crippen molar-refractivity contribution in [2.75, 3.05) is 36.4 Å². The number of rotatable bonds is 4. The minimum atomic E-state index is -0.153. The van der Waals surface area contributed by atoms with E-state index in [2.05, 4.69) is 15.2 Å². The Hall–Kier alpha value is -2.89. The molecule has 6 nitrogen and oxygen atoms in total. The van der Waals surface area contributed by atoms with Gasteiger partial charge in [0.25, 0.3) is 5.91 Å². The van der Waals surface area contributed by atoms with Crippen molar-refractivity contribution in [3.8, 4) is 0 Å². The molecule has 6 heteroatoms. The van der Waals surface area contributed by atoms with Gasteiger partial charge >= 0.3 is 0 Å². The molecule has 2 heterocycles. The monoisotopic (exact) mass is 310 g/mol. The first-order valence-electron chi connectivity index (χ1n) is 7.53. The summed E-state index contributed by atoms with van der Waals surface area (Å²) in [5, 5.41) is 2.83. The molecule has 0 atom stereocenters. The highest BCUT2D eigenvalue weighted by Crippen LogP contribution is 2.16. The van der Waals surface area contributed by atoms with E-state index in [0.717, 1.165) is 25.3 Å². The molecule has 1 fully saturated rings. The maximum absolute atomic E-state index is 12.1. The molecule has 0 bridgehead atoms. The second kappa shape index (κ2) is 6.91. The van der Waals surface area contributed by atoms with Crippen molar-refractivity contribution < 1.29 is 9.59 Å². The van der Waals surface area contributed by atoms with Crippen molar-refractivity contribution in [1.82, 2.24) is 9.88 Å². The molecule has 0 saturated carbocycles. The van der Waals surface area contributed by atoms with Gasteiger partial charge in [-0.15, -0.1) is 0 Å². The molecule has 0 radical (unpaired) electrons. The molecule has 0 spiro atoms. The molecule has 2 aromatic rings. The van der Waals surface area contributed by atoms with E-state index in [9.17, 15) is 9.59 Å². The lowest BCUT2D eigenvalue weighted by Crippen LogP contribution is -2.46. The zero-order valence-electron chi connectivity index (χ0n) is 12.7. The molecule has 118 valence electrons. The molecular weight excluding hydrogens is 292 g/mol. The standard InChI is InChI=1S/C17H18N4O2/c22-13-20-8-10-21(11-9-20)16-7-6-15(12-18-16)19-17(23)14-4-2-1-3-5-14/h1-7,12-13H,8-11H2,(H,19,23). The largest absolute Gasteiger partial charge is 0.353 e. The van der Waals surface area contributed by atoms with Gasteiger partial charge in [0.05, 0.1) is 11.9 Å². The van der Waals surface area contributed by atoms with E-state index in [-0.39, 0.29) is 5.91 Å². The molecule has 1 aliphatic rings. The van der Waals surface area contributed by atoms with Crippen LogP contribution in [0.4, 0.5) is 11.5 Å². The summed E-state index contributed by atoms with van der Waals surface area (Å²) in [4.78, 5) is 31.1. The van der Waals surface area contributed by atoms with Crippen molar-refractivity contribution in [1.29, 1.82) is 0 Å². The molecule has 1 N–H and O–H groups in total. The molecule has 1 aliphatic heterocycles. The summed E-state index contributed by atoms with van der Waals surface area (Å²) in [6, 6.07) is 12.8. The maximum Gasteiger partial charge on any atom is 0.255 e. The number of aromatic nitrogens is 1. The number of anilines is 2. The van der Waals surface area contributed by atoms with Crippen LogP contribution in [0.5, 0.6) is 0 Å². The topological polar surface area (TPSA) is 65.5 Å². The van der Waals surface area contributed by atoms with Gasteiger partial charge in [0.2, 0.25) is 6.41 Å². The number of hydrogen-bond donors (Lipinski definition) is 1. The number of nitrogens with zero attached hydrogens (tertiary/aromatic N) is 3. The second-order valence-electron chi connectivity index (χ2n) is 5.35. The van der Waals surface area contributed by atoms with Gasteiger partial charge in [-0.2, -0.15) is 0 Å².